The first-order valence-electron chi connectivity index (χ1n) is 11.8. The van der Waals surface area contributed by atoms with Gasteiger partial charge in [0, 0.05) is 34.7 Å². The zero-order valence-corrected chi connectivity index (χ0v) is 22.2. The quantitative estimate of drug-likeness (QED) is 0.204. The topological polar surface area (TPSA) is 175 Å². The van der Waals surface area contributed by atoms with E-state index in [1.54, 1.807) is 18.2 Å². The zero-order valence-electron chi connectivity index (χ0n) is 22.2. The molecule has 0 fully saturated rings. The number of ether oxygens (including phenoxy) is 4. The van der Waals surface area contributed by atoms with E-state index in [4.69, 9.17) is 18.9 Å². The molecule has 0 aromatic heterocycles. The lowest BCUT2D eigenvalue weighted by Gasteiger charge is -2.32. The number of fused-ring (bicyclic) bond motifs is 2. The number of benzene rings is 1. The fourth-order valence-corrected chi connectivity index (χ4v) is 4.01. The highest BCUT2D eigenvalue weighted by Gasteiger charge is 2.39. The standard InChI is InChI=1S/C25H28N4O10/c1-12-7-8-18-17(9-12)26-21-23(27-25(35)28(6)24(21)34)29(18)10-19(37-14(3)31)22(39-16(5)33)20(38-15(4)32)11-36-13(2)30/h7-9,19-20,22H,10-11H2,1-6H3/t19-,20+,22-/m1/s1. The van der Waals surface area contributed by atoms with E-state index in [1.165, 1.54) is 11.6 Å². The van der Waals surface area contributed by atoms with Gasteiger partial charge < -0.3 is 23.5 Å². The van der Waals surface area contributed by atoms with Crippen molar-refractivity contribution in [3.8, 4) is 11.5 Å². The highest BCUT2D eigenvalue weighted by atomic mass is 16.6. The maximum Gasteiger partial charge on any atom is 0.352 e. The third kappa shape index (κ3) is 6.83. The van der Waals surface area contributed by atoms with E-state index in [1.807, 2.05) is 6.92 Å². The summed E-state index contributed by atoms with van der Waals surface area (Å²) in [6.07, 6.45) is -4.21. The number of aromatic nitrogens is 4. The Balaban J connectivity index is 2.27. The first kappa shape index (κ1) is 28.9. The Morgan fingerprint density at radius 3 is 2.08 bits per heavy atom. The summed E-state index contributed by atoms with van der Waals surface area (Å²) in [5.74, 6) is -3.18. The van der Waals surface area contributed by atoms with E-state index >= 15 is 0 Å². The minimum Gasteiger partial charge on any atom is -0.462 e. The fourth-order valence-electron chi connectivity index (χ4n) is 4.01. The molecular formula is C25H28N4O10. The van der Waals surface area contributed by atoms with Crippen LogP contribution in [0.15, 0.2) is 27.8 Å². The molecule has 3 rings (SSSR count). The molecule has 0 saturated heterocycles. The molecule has 2 heterocycles. The van der Waals surface area contributed by atoms with Crippen molar-refractivity contribution in [3.63, 3.8) is 0 Å². The molecular weight excluding hydrogens is 516 g/mol. The fraction of sp³-hybridized carbons (Fsp3) is 0.440. The van der Waals surface area contributed by atoms with Crippen molar-refractivity contribution in [2.45, 2.75) is 59.5 Å². The van der Waals surface area contributed by atoms with E-state index in [-0.39, 0.29) is 18.1 Å². The molecule has 14 heteroatoms. The minimum atomic E-state index is -1.47. The second kappa shape index (κ2) is 11.8. The molecule has 0 bridgehead atoms. The van der Waals surface area contributed by atoms with Crippen LogP contribution in [0.4, 0.5) is 0 Å². The lowest BCUT2D eigenvalue weighted by atomic mass is 10.1. The van der Waals surface area contributed by atoms with Gasteiger partial charge in [0.2, 0.25) is 0 Å². The summed E-state index contributed by atoms with van der Waals surface area (Å²) < 4.78 is 23.5. The average molecular weight is 545 g/mol. The van der Waals surface area contributed by atoms with Crippen molar-refractivity contribution in [3.05, 3.63) is 44.6 Å². The number of esters is 4. The van der Waals surface area contributed by atoms with Crippen molar-refractivity contribution >= 4 is 34.9 Å². The third-order valence-corrected chi connectivity index (χ3v) is 5.60. The number of carbonyl (C=O) groups is 4. The molecule has 0 spiro atoms. The van der Waals surface area contributed by atoms with Crippen LogP contribution in [0.3, 0.4) is 0 Å². The van der Waals surface area contributed by atoms with Crippen molar-refractivity contribution in [1.29, 1.82) is 0 Å². The van der Waals surface area contributed by atoms with E-state index in [0.29, 0.717) is 11.0 Å². The van der Waals surface area contributed by atoms with Gasteiger partial charge in [-0.1, -0.05) is 6.07 Å². The second-order valence-corrected chi connectivity index (χ2v) is 8.82. The van der Waals surface area contributed by atoms with Crippen molar-refractivity contribution in [2.24, 2.45) is 7.05 Å². The maximum atomic E-state index is 12.9. The molecule has 39 heavy (non-hydrogen) atoms. The van der Waals surface area contributed by atoms with Gasteiger partial charge in [-0.3, -0.25) is 28.5 Å². The summed E-state index contributed by atoms with van der Waals surface area (Å²) in [4.78, 5) is 81.5. The predicted octanol–water partition coefficient (Wildman–Crippen LogP) is 0.262. The van der Waals surface area contributed by atoms with Crippen LogP contribution >= 0.6 is 0 Å². The van der Waals surface area contributed by atoms with E-state index in [0.717, 1.165) is 37.8 Å². The molecule has 1 aromatic carbocycles. The Morgan fingerprint density at radius 2 is 1.49 bits per heavy atom. The van der Waals surface area contributed by atoms with Crippen molar-refractivity contribution < 1.29 is 38.1 Å². The van der Waals surface area contributed by atoms with Crippen LogP contribution in [0, 0.1) is 6.92 Å². The summed E-state index contributed by atoms with van der Waals surface area (Å²) in [5.41, 5.74) is -0.0507. The van der Waals surface area contributed by atoms with E-state index < -0.39 is 60.0 Å². The average Bonchev–Trinajstić information content (AvgIpc) is 2.83. The third-order valence-electron chi connectivity index (χ3n) is 5.60. The molecule has 0 radical (unpaired) electrons. The van der Waals surface area contributed by atoms with Gasteiger partial charge >= 0.3 is 29.6 Å². The summed E-state index contributed by atoms with van der Waals surface area (Å²) in [5, 5.41) is 0. The smallest absolute Gasteiger partial charge is 0.352 e. The Bertz CT molecular complexity index is 1530. The zero-order chi connectivity index (χ0) is 29.0. The molecule has 3 atom stereocenters. The first-order valence-corrected chi connectivity index (χ1v) is 11.8. The van der Waals surface area contributed by atoms with Gasteiger partial charge in [0.15, 0.2) is 29.8 Å². The Labute approximate surface area is 221 Å². The summed E-state index contributed by atoms with van der Waals surface area (Å²) in [7, 11) is 1.26. The SMILES string of the molecule is CC(=O)OC[C@H](OC(C)=O)[C@H](OC(C)=O)[C@@H](Cn1c2nc(=O)n(C)c(=O)c-2nc2cc(C)ccc21)OC(C)=O. The predicted molar refractivity (Wildman–Crippen MR) is 134 cm³/mol. The molecule has 2 aliphatic heterocycles. The summed E-state index contributed by atoms with van der Waals surface area (Å²) in [6, 6.07) is 5.15. The van der Waals surface area contributed by atoms with Gasteiger partial charge in [-0.25, -0.2) is 9.78 Å². The number of hydrogen-bond donors (Lipinski definition) is 0. The number of carbonyl (C=O) groups excluding carboxylic acids is 4. The van der Waals surface area contributed by atoms with Crippen molar-refractivity contribution in [1.82, 2.24) is 19.1 Å². The van der Waals surface area contributed by atoms with Gasteiger partial charge in [-0.05, 0) is 24.6 Å². The molecule has 2 aliphatic rings. The summed E-state index contributed by atoms with van der Waals surface area (Å²) >= 11 is 0. The normalized spacial score (nSPS) is 13.4. The van der Waals surface area contributed by atoms with Crippen molar-refractivity contribution in [2.75, 3.05) is 6.61 Å². The van der Waals surface area contributed by atoms with Gasteiger partial charge in [-0.15, -0.1) is 0 Å². The van der Waals surface area contributed by atoms with Crippen LogP contribution in [0.2, 0.25) is 0 Å². The van der Waals surface area contributed by atoms with E-state index in [9.17, 15) is 28.8 Å². The monoisotopic (exact) mass is 544 g/mol. The largest absolute Gasteiger partial charge is 0.462 e. The van der Waals surface area contributed by atoms with Crippen LogP contribution in [-0.4, -0.2) is 67.9 Å². The van der Waals surface area contributed by atoms with Crippen LogP contribution in [0.25, 0.3) is 22.6 Å². The van der Waals surface area contributed by atoms with Gasteiger partial charge in [-0.2, -0.15) is 4.98 Å². The van der Waals surface area contributed by atoms with Crippen LogP contribution < -0.4 is 11.2 Å². The number of rotatable bonds is 9. The second-order valence-electron chi connectivity index (χ2n) is 8.82. The van der Waals surface area contributed by atoms with Gasteiger partial charge in [0.05, 0.1) is 17.6 Å². The molecule has 0 aliphatic carbocycles. The molecule has 208 valence electrons. The van der Waals surface area contributed by atoms with Crippen LogP contribution in [0.1, 0.15) is 33.3 Å². The Morgan fingerprint density at radius 1 is 0.872 bits per heavy atom. The molecule has 0 saturated carbocycles. The van der Waals surface area contributed by atoms with Crippen LogP contribution in [-0.2, 0) is 51.7 Å². The maximum absolute atomic E-state index is 12.9. The highest BCUT2D eigenvalue weighted by Crippen LogP contribution is 2.25. The number of aryl methyl sites for hydroxylation is 1. The molecule has 0 amide bonds. The summed E-state index contributed by atoms with van der Waals surface area (Å²) in [6.45, 7) is 5.42. The lowest BCUT2D eigenvalue weighted by molar-refractivity contribution is -0.190. The number of nitrogens with zero attached hydrogens (tertiary/aromatic N) is 4. The highest BCUT2D eigenvalue weighted by molar-refractivity contribution is 5.80. The number of hydrogen-bond acceptors (Lipinski definition) is 12. The molecule has 0 unspecified atom stereocenters. The van der Waals surface area contributed by atoms with E-state index in [2.05, 4.69) is 9.97 Å². The Hall–Kier alpha value is -4.62. The first-order chi connectivity index (χ1) is 18.3. The Kier molecular flexibility index (Phi) is 8.78. The van der Waals surface area contributed by atoms with Gasteiger partial charge in [0.1, 0.15) is 6.61 Å². The van der Waals surface area contributed by atoms with Gasteiger partial charge in [0.25, 0.3) is 5.56 Å². The van der Waals surface area contributed by atoms with Crippen LogP contribution in [0.5, 0.6) is 0 Å². The lowest BCUT2D eigenvalue weighted by Crippen LogP contribution is -2.49. The minimum absolute atomic E-state index is 0.109. The molecule has 14 nitrogen and oxygen atoms in total. The molecule has 1 aromatic rings. The molecule has 0 N–H and O–H groups in total.